The first-order valence-corrected chi connectivity index (χ1v) is 25.1. The molecule has 9 rings (SSSR count). The summed E-state index contributed by atoms with van der Waals surface area (Å²) in [5, 5.41) is 3.48. The summed E-state index contributed by atoms with van der Waals surface area (Å²) in [4.78, 5) is 47.9. The number of aromatic nitrogens is 5. The maximum absolute atomic E-state index is 16.1. The summed E-state index contributed by atoms with van der Waals surface area (Å²) in [7, 11) is -1.34. The SMILES string of the molecule is CC(=O)OCc1c(-c2nc(Nc3ccc(N4CCN(C5COC5)CC4)cc3)c3ncn(COCC[Si](C)(C)C)c3n2)cc(F)cc1N1CCn2c(cc3c2CC(C)(C)C3)C1=O. The Kier molecular flexibility index (Phi) is 11.0. The third-order valence-corrected chi connectivity index (χ3v) is 14.1. The molecule has 4 aliphatic rings. The lowest BCUT2D eigenvalue weighted by Gasteiger charge is -2.43. The largest absolute Gasteiger partial charge is 0.461 e. The second kappa shape index (κ2) is 16.3. The summed E-state index contributed by atoms with van der Waals surface area (Å²) < 4.78 is 37.2. The predicted octanol–water partition coefficient (Wildman–Crippen LogP) is 6.86. The number of benzene rings is 2. The van der Waals surface area contributed by atoms with Crippen LogP contribution in [-0.4, -0.2) is 108 Å². The van der Waals surface area contributed by atoms with Gasteiger partial charge in [0.05, 0.1) is 31.3 Å². The standard InChI is InChI=1S/C45H56FN9O5Si/c1-29(56)60-26-36-35(20-31(46)21-37(36)55-16-15-54-38(44(55)57)19-30-22-45(2,3)23-39(30)54)41-49-42(40-43(50-41)53(27-47-40)28-58-17-18-61(4,5)6)48-32-7-9-33(10-8-32)51-11-13-52(14-12-51)34-24-59-25-34/h7-10,19-21,27,34H,11-18,22-26,28H2,1-6H3,(H,48,49,50). The first-order chi connectivity index (χ1) is 29.2. The van der Waals surface area contributed by atoms with E-state index in [1.54, 1.807) is 11.2 Å². The van der Waals surface area contributed by atoms with Gasteiger partial charge in [0.1, 0.15) is 24.8 Å². The van der Waals surface area contributed by atoms with Gasteiger partial charge in [-0.3, -0.25) is 19.1 Å². The van der Waals surface area contributed by atoms with Crippen molar-refractivity contribution in [2.45, 2.75) is 85.2 Å². The number of carbonyl (C=O) groups excluding carboxylic acids is 2. The highest BCUT2D eigenvalue weighted by Crippen LogP contribution is 2.41. The fraction of sp³-hybridized carbons (Fsp3) is 0.489. The van der Waals surface area contributed by atoms with Crippen LogP contribution in [0.4, 0.5) is 27.3 Å². The Morgan fingerprint density at radius 3 is 2.48 bits per heavy atom. The number of rotatable bonds is 13. The zero-order valence-corrected chi connectivity index (χ0v) is 37.1. The van der Waals surface area contributed by atoms with Crippen LogP contribution in [0.2, 0.25) is 25.7 Å². The molecule has 1 aliphatic carbocycles. The van der Waals surface area contributed by atoms with Crippen LogP contribution in [-0.2, 0) is 51.7 Å². The molecule has 2 saturated heterocycles. The van der Waals surface area contributed by atoms with Gasteiger partial charge in [-0.1, -0.05) is 33.5 Å². The zero-order chi connectivity index (χ0) is 42.6. The van der Waals surface area contributed by atoms with Gasteiger partial charge in [0, 0.05) is 89.1 Å². The summed E-state index contributed by atoms with van der Waals surface area (Å²) in [6.07, 6.45) is 3.47. The van der Waals surface area contributed by atoms with Crippen LogP contribution in [0.3, 0.4) is 0 Å². The van der Waals surface area contributed by atoms with E-state index < -0.39 is 19.9 Å². The topological polar surface area (TPSA) is 132 Å². The molecule has 0 spiro atoms. The number of carbonyl (C=O) groups is 2. The van der Waals surface area contributed by atoms with Crippen molar-refractivity contribution in [3.63, 3.8) is 0 Å². The van der Waals surface area contributed by atoms with E-state index in [-0.39, 0.29) is 30.5 Å². The molecule has 6 heterocycles. The Morgan fingerprint density at radius 2 is 1.77 bits per heavy atom. The van der Waals surface area contributed by atoms with Crippen LogP contribution in [0.1, 0.15) is 48.1 Å². The normalized spacial score (nSPS) is 18.0. The minimum absolute atomic E-state index is 0.136. The summed E-state index contributed by atoms with van der Waals surface area (Å²) in [5.74, 6) is -0.719. The molecule has 5 aromatic rings. The van der Waals surface area contributed by atoms with E-state index in [0.717, 1.165) is 69.7 Å². The Bertz CT molecular complexity index is 2470. The van der Waals surface area contributed by atoms with Crippen molar-refractivity contribution in [1.82, 2.24) is 29.0 Å². The van der Waals surface area contributed by atoms with Crippen LogP contribution in [0, 0.1) is 11.2 Å². The Balaban J connectivity index is 1.07. The first-order valence-electron chi connectivity index (χ1n) is 21.4. The van der Waals surface area contributed by atoms with Gasteiger partial charge in [0.25, 0.3) is 5.91 Å². The predicted molar refractivity (Wildman–Crippen MR) is 236 cm³/mol. The van der Waals surface area contributed by atoms with Gasteiger partial charge in [0.2, 0.25) is 0 Å². The van der Waals surface area contributed by atoms with E-state index >= 15 is 4.39 Å². The van der Waals surface area contributed by atoms with Gasteiger partial charge in [-0.05, 0) is 72.3 Å². The lowest BCUT2D eigenvalue weighted by molar-refractivity contribution is -0.142. The minimum Gasteiger partial charge on any atom is -0.461 e. The molecule has 1 amide bonds. The number of esters is 1. The Labute approximate surface area is 357 Å². The summed E-state index contributed by atoms with van der Waals surface area (Å²) >= 11 is 0. The van der Waals surface area contributed by atoms with Gasteiger partial charge >= 0.3 is 5.97 Å². The number of halogens is 1. The average Bonchev–Trinajstić information content (AvgIpc) is 3.85. The lowest BCUT2D eigenvalue weighted by Crippen LogP contribution is -2.56. The Morgan fingerprint density at radius 1 is 1.00 bits per heavy atom. The molecule has 2 aromatic carbocycles. The summed E-state index contributed by atoms with van der Waals surface area (Å²) in [6, 6.07) is 14.5. The third-order valence-electron chi connectivity index (χ3n) is 12.4. The maximum atomic E-state index is 16.1. The van der Waals surface area contributed by atoms with Crippen LogP contribution in [0.25, 0.3) is 22.6 Å². The van der Waals surface area contributed by atoms with Gasteiger partial charge in [0.15, 0.2) is 22.8 Å². The highest BCUT2D eigenvalue weighted by molar-refractivity contribution is 6.76. The van der Waals surface area contributed by atoms with Crippen molar-refractivity contribution in [3.8, 4) is 11.4 Å². The number of ether oxygens (including phenoxy) is 3. The fourth-order valence-corrected chi connectivity index (χ4v) is 9.74. The number of hydrogen-bond donors (Lipinski definition) is 1. The molecule has 61 heavy (non-hydrogen) atoms. The number of fused-ring (bicyclic) bond motifs is 4. The molecule has 0 bridgehead atoms. The van der Waals surface area contributed by atoms with Gasteiger partial charge in [-0.2, -0.15) is 0 Å². The van der Waals surface area contributed by atoms with Gasteiger partial charge in [-0.15, -0.1) is 0 Å². The van der Waals surface area contributed by atoms with E-state index in [1.807, 2.05) is 22.8 Å². The quantitative estimate of drug-likeness (QED) is 0.0758. The van der Waals surface area contributed by atoms with Crippen molar-refractivity contribution in [3.05, 3.63) is 77.1 Å². The van der Waals surface area contributed by atoms with Crippen LogP contribution in [0.15, 0.2) is 48.8 Å². The molecule has 2 fully saturated rings. The molecule has 1 N–H and O–H groups in total. The fourth-order valence-electron chi connectivity index (χ4n) is 8.99. The first kappa shape index (κ1) is 41.2. The molecular formula is C45H56FN9O5Si. The van der Waals surface area contributed by atoms with Crippen molar-refractivity contribution in [2.75, 3.05) is 67.7 Å². The molecule has 0 radical (unpaired) electrons. The number of piperazine rings is 1. The monoisotopic (exact) mass is 849 g/mol. The summed E-state index contributed by atoms with van der Waals surface area (Å²) in [6.45, 7) is 19.7. The molecule has 3 aromatic heterocycles. The number of hydrogen-bond acceptors (Lipinski definition) is 11. The van der Waals surface area contributed by atoms with E-state index in [0.29, 0.717) is 65.2 Å². The van der Waals surface area contributed by atoms with Gasteiger partial charge < -0.3 is 33.9 Å². The second-order valence-corrected chi connectivity index (χ2v) is 24.5. The highest BCUT2D eigenvalue weighted by atomic mass is 28.3. The van der Waals surface area contributed by atoms with Crippen molar-refractivity contribution in [2.24, 2.45) is 5.41 Å². The van der Waals surface area contributed by atoms with Crippen LogP contribution in [0.5, 0.6) is 0 Å². The second-order valence-electron chi connectivity index (χ2n) is 18.9. The molecule has 322 valence electrons. The number of nitrogens with zero attached hydrogens (tertiary/aromatic N) is 8. The third kappa shape index (κ3) is 8.55. The number of anilines is 4. The van der Waals surface area contributed by atoms with E-state index in [4.69, 9.17) is 29.2 Å². The lowest BCUT2D eigenvalue weighted by atomic mass is 9.90. The highest BCUT2D eigenvalue weighted by Gasteiger charge is 2.38. The van der Waals surface area contributed by atoms with E-state index in [1.165, 1.54) is 30.3 Å². The average molecular weight is 850 g/mol. The van der Waals surface area contributed by atoms with E-state index in [2.05, 4.69) is 65.3 Å². The molecular weight excluding hydrogens is 794 g/mol. The Hall–Kier alpha value is -5.16. The number of nitrogens with one attached hydrogen (secondary N) is 1. The number of imidazole rings is 1. The van der Waals surface area contributed by atoms with E-state index in [9.17, 15) is 9.59 Å². The molecule has 0 unspecified atom stereocenters. The molecule has 14 nitrogen and oxygen atoms in total. The molecule has 16 heteroatoms. The minimum atomic E-state index is -1.34. The molecule has 0 saturated carbocycles. The van der Waals surface area contributed by atoms with Crippen molar-refractivity contribution in [1.29, 1.82) is 0 Å². The van der Waals surface area contributed by atoms with Crippen LogP contribution >= 0.6 is 0 Å². The van der Waals surface area contributed by atoms with Crippen LogP contribution < -0.4 is 15.1 Å². The zero-order valence-electron chi connectivity index (χ0n) is 36.1. The molecule has 0 atom stereocenters. The molecule has 3 aliphatic heterocycles. The number of amides is 1. The van der Waals surface area contributed by atoms with Crippen molar-refractivity contribution >= 4 is 54.0 Å². The maximum Gasteiger partial charge on any atom is 0.302 e. The summed E-state index contributed by atoms with van der Waals surface area (Å²) in [5.41, 5.74) is 7.07. The smallest absolute Gasteiger partial charge is 0.302 e. The van der Waals surface area contributed by atoms with Crippen molar-refractivity contribution < 1.29 is 28.2 Å². The van der Waals surface area contributed by atoms with Gasteiger partial charge in [-0.25, -0.2) is 19.3 Å².